The van der Waals surface area contributed by atoms with E-state index in [1.807, 2.05) is 126 Å². The standard InChI is InChI=1S/C29H23IN2O3/c30-27-25(19-10-20-26(27)32(34)35)29(33)31(21-11-14-22-12-4-1-5-13-22)28(23-15-6-2-7-16-23)24-17-8-3-9-18-24/h1-20,28H,21H2/b14-11-. The van der Waals surface area contributed by atoms with E-state index in [1.165, 1.54) is 6.07 Å². The Morgan fingerprint density at radius 3 is 1.91 bits per heavy atom. The Balaban J connectivity index is 1.81. The van der Waals surface area contributed by atoms with Crippen LogP contribution in [-0.2, 0) is 0 Å². The molecule has 4 rings (SSSR count). The predicted octanol–water partition coefficient (Wildman–Crippen LogP) is 7.14. The van der Waals surface area contributed by atoms with Crippen LogP contribution in [0.2, 0.25) is 0 Å². The maximum absolute atomic E-state index is 14.0. The number of hydrogen-bond acceptors (Lipinski definition) is 3. The van der Waals surface area contributed by atoms with Crippen LogP contribution in [0.5, 0.6) is 0 Å². The number of carbonyl (C=O) groups is 1. The summed E-state index contributed by atoms with van der Waals surface area (Å²) in [5.41, 5.74) is 3.18. The van der Waals surface area contributed by atoms with Crippen molar-refractivity contribution in [2.45, 2.75) is 6.04 Å². The van der Waals surface area contributed by atoms with Crippen LogP contribution >= 0.6 is 22.6 Å². The van der Waals surface area contributed by atoms with Crippen molar-refractivity contribution in [1.82, 2.24) is 4.90 Å². The van der Waals surface area contributed by atoms with Crippen LogP contribution in [0.15, 0.2) is 115 Å². The van der Waals surface area contributed by atoms with Gasteiger partial charge in [0.2, 0.25) is 0 Å². The van der Waals surface area contributed by atoms with Crippen molar-refractivity contribution in [3.8, 4) is 0 Å². The van der Waals surface area contributed by atoms with E-state index in [0.29, 0.717) is 15.7 Å². The molecule has 0 aliphatic rings. The first-order chi connectivity index (χ1) is 17.1. The molecule has 4 aromatic rings. The van der Waals surface area contributed by atoms with Crippen molar-refractivity contribution in [2.75, 3.05) is 6.54 Å². The quantitative estimate of drug-likeness (QED) is 0.128. The minimum atomic E-state index is -0.454. The summed E-state index contributed by atoms with van der Waals surface area (Å²) in [6, 6.07) is 33.8. The molecule has 35 heavy (non-hydrogen) atoms. The van der Waals surface area contributed by atoms with E-state index < -0.39 is 4.92 Å². The summed E-state index contributed by atoms with van der Waals surface area (Å²) >= 11 is 1.90. The van der Waals surface area contributed by atoms with Gasteiger partial charge in [-0.3, -0.25) is 14.9 Å². The zero-order chi connectivity index (χ0) is 24.6. The number of carbonyl (C=O) groups excluding carboxylic acids is 1. The van der Waals surface area contributed by atoms with E-state index in [0.717, 1.165) is 16.7 Å². The number of rotatable bonds is 8. The van der Waals surface area contributed by atoms with Crippen LogP contribution in [-0.4, -0.2) is 22.3 Å². The van der Waals surface area contributed by atoms with Crippen molar-refractivity contribution in [3.05, 3.63) is 151 Å². The van der Waals surface area contributed by atoms with E-state index in [9.17, 15) is 14.9 Å². The molecule has 0 fully saturated rings. The van der Waals surface area contributed by atoms with Crippen molar-refractivity contribution >= 4 is 40.3 Å². The van der Waals surface area contributed by atoms with Crippen LogP contribution in [0.3, 0.4) is 0 Å². The topological polar surface area (TPSA) is 63.4 Å². The second-order valence-electron chi connectivity index (χ2n) is 7.89. The highest BCUT2D eigenvalue weighted by Crippen LogP contribution is 2.32. The fraction of sp³-hybridized carbons (Fsp3) is 0.0690. The van der Waals surface area contributed by atoms with Gasteiger partial charge in [0.05, 0.1) is 16.5 Å². The fourth-order valence-corrected chi connectivity index (χ4v) is 4.76. The van der Waals surface area contributed by atoms with Crippen molar-refractivity contribution in [2.24, 2.45) is 0 Å². The molecule has 0 aliphatic carbocycles. The van der Waals surface area contributed by atoms with Crippen LogP contribution in [0.4, 0.5) is 5.69 Å². The monoisotopic (exact) mass is 574 g/mol. The number of nitrogens with zero attached hydrogens (tertiary/aromatic N) is 2. The average Bonchev–Trinajstić information content (AvgIpc) is 2.89. The summed E-state index contributed by atoms with van der Waals surface area (Å²) in [6.07, 6.45) is 3.93. The fourth-order valence-electron chi connectivity index (χ4n) is 3.98. The van der Waals surface area contributed by atoms with Gasteiger partial charge < -0.3 is 4.90 Å². The Hall–Kier alpha value is -3.78. The Bertz CT molecular complexity index is 1290. The van der Waals surface area contributed by atoms with Crippen LogP contribution < -0.4 is 0 Å². The van der Waals surface area contributed by atoms with E-state index in [1.54, 1.807) is 17.0 Å². The zero-order valence-electron chi connectivity index (χ0n) is 18.8. The third-order valence-corrected chi connectivity index (χ3v) is 6.75. The Morgan fingerprint density at radius 1 is 0.829 bits per heavy atom. The molecule has 4 aromatic carbocycles. The minimum Gasteiger partial charge on any atom is -0.324 e. The number of nitro benzene ring substituents is 1. The van der Waals surface area contributed by atoms with Crippen molar-refractivity contribution < 1.29 is 9.72 Å². The molecule has 1 amide bonds. The maximum Gasteiger partial charge on any atom is 0.283 e. The third-order valence-electron chi connectivity index (χ3n) is 5.62. The molecule has 0 spiro atoms. The van der Waals surface area contributed by atoms with E-state index >= 15 is 0 Å². The second kappa shape index (κ2) is 11.6. The lowest BCUT2D eigenvalue weighted by Crippen LogP contribution is -2.36. The highest BCUT2D eigenvalue weighted by atomic mass is 127. The van der Waals surface area contributed by atoms with Gasteiger partial charge in [-0.25, -0.2) is 0 Å². The number of halogens is 1. The number of nitro groups is 1. The van der Waals surface area contributed by atoms with Gasteiger partial charge in [-0.2, -0.15) is 0 Å². The molecule has 0 radical (unpaired) electrons. The van der Waals surface area contributed by atoms with E-state index in [-0.39, 0.29) is 17.6 Å². The molecule has 0 N–H and O–H groups in total. The van der Waals surface area contributed by atoms with Crippen molar-refractivity contribution in [1.29, 1.82) is 0 Å². The lowest BCUT2D eigenvalue weighted by Gasteiger charge is -2.32. The van der Waals surface area contributed by atoms with Gasteiger partial charge >= 0.3 is 0 Å². The number of benzene rings is 4. The average molecular weight is 574 g/mol. The van der Waals surface area contributed by atoms with Crippen LogP contribution in [0.25, 0.3) is 6.08 Å². The second-order valence-corrected chi connectivity index (χ2v) is 8.97. The molecule has 174 valence electrons. The van der Waals surface area contributed by atoms with Gasteiger partial charge in [0.15, 0.2) is 0 Å². The molecule has 5 nitrogen and oxygen atoms in total. The molecular weight excluding hydrogens is 551 g/mol. The lowest BCUT2D eigenvalue weighted by molar-refractivity contribution is -0.385. The first-order valence-electron chi connectivity index (χ1n) is 11.1. The predicted molar refractivity (Wildman–Crippen MR) is 147 cm³/mol. The molecule has 0 unspecified atom stereocenters. The van der Waals surface area contributed by atoms with Gasteiger partial charge in [0.25, 0.3) is 11.6 Å². The first kappa shape index (κ1) is 24.3. The molecular formula is C29H23IN2O3. The van der Waals surface area contributed by atoms with Crippen LogP contribution in [0, 0.1) is 13.7 Å². The summed E-state index contributed by atoms with van der Waals surface area (Å²) in [4.78, 5) is 26.9. The largest absolute Gasteiger partial charge is 0.324 e. The number of hydrogen-bond donors (Lipinski definition) is 0. The zero-order valence-corrected chi connectivity index (χ0v) is 21.0. The van der Waals surface area contributed by atoms with Gasteiger partial charge in [0, 0.05) is 12.6 Å². The molecule has 0 saturated heterocycles. The highest BCUT2D eigenvalue weighted by Gasteiger charge is 2.30. The van der Waals surface area contributed by atoms with Crippen LogP contribution in [0.1, 0.15) is 33.1 Å². The smallest absolute Gasteiger partial charge is 0.283 e. The molecule has 0 heterocycles. The molecule has 0 bridgehead atoms. The summed E-state index contributed by atoms with van der Waals surface area (Å²) in [6.45, 7) is 0.320. The normalized spacial score (nSPS) is 11.0. The van der Waals surface area contributed by atoms with Crippen molar-refractivity contribution in [3.63, 3.8) is 0 Å². The van der Waals surface area contributed by atoms with E-state index in [2.05, 4.69) is 0 Å². The van der Waals surface area contributed by atoms with Gasteiger partial charge in [-0.1, -0.05) is 109 Å². The maximum atomic E-state index is 14.0. The summed E-state index contributed by atoms with van der Waals surface area (Å²) in [5, 5.41) is 11.5. The minimum absolute atomic E-state index is 0.0767. The Morgan fingerprint density at radius 2 is 1.37 bits per heavy atom. The number of amides is 1. The van der Waals surface area contributed by atoms with E-state index in [4.69, 9.17) is 0 Å². The van der Waals surface area contributed by atoms with Gasteiger partial charge in [-0.15, -0.1) is 0 Å². The SMILES string of the molecule is O=C(c1cccc([N+](=O)[O-])c1I)N(C/C=C\c1ccccc1)C(c1ccccc1)c1ccccc1. The third kappa shape index (κ3) is 5.84. The summed E-state index contributed by atoms with van der Waals surface area (Å²) in [5.74, 6) is -0.270. The molecule has 0 atom stereocenters. The molecule has 0 aliphatic heterocycles. The summed E-state index contributed by atoms with van der Waals surface area (Å²) in [7, 11) is 0. The first-order valence-corrected chi connectivity index (χ1v) is 12.2. The Kier molecular flexibility index (Phi) is 8.05. The Labute approximate surface area is 218 Å². The lowest BCUT2D eigenvalue weighted by atomic mass is 9.96. The van der Waals surface area contributed by atoms with Gasteiger partial charge in [-0.05, 0) is 45.3 Å². The van der Waals surface area contributed by atoms with Gasteiger partial charge in [0.1, 0.15) is 3.57 Å². The summed E-state index contributed by atoms with van der Waals surface area (Å²) < 4.78 is 0.331. The molecule has 0 aromatic heterocycles. The highest BCUT2D eigenvalue weighted by molar-refractivity contribution is 14.1. The molecule has 6 heteroatoms. The molecule has 0 saturated carbocycles.